The molecule has 0 radical (unpaired) electrons. The summed E-state index contributed by atoms with van der Waals surface area (Å²) in [7, 11) is 0. The average molecular weight is 463 g/mol. The number of amides is 2. The van der Waals surface area contributed by atoms with Gasteiger partial charge in [-0.15, -0.1) is 0 Å². The second-order valence-corrected chi connectivity index (χ2v) is 8.86. The van der Waals surface area contributed by atoms with Crippen molar-refractivity contribution in [1.82, 2.24) is 10.2 Å². The van der Waals surface area contributed by atoms with E-state index < -0.39 is 6.04 Å². The number of hydrogen-bond donors (Lipinski definition) is 1. The van der Waals surface area contributed by atoms with Crippen LogP contribution in [0.4, 0.5) is 0 Å². The van der Waals surface area contributed by atoms with E-state index in [1.165, 1.54) is 4.90 Å². The fraction of sp³-hybridized carbons (Fsp3) is 0.417. The number of aryl methyl sites for hydroxylation is 1. The van der Waals surface area contributed by atoms with Crippen molar-refractivity contribution >= 4 is 35.0 Å². The Morgan fingerprint density at radius 3 is 2.55 bits per heavy atom. The van der Waals surface area contributed by atoms with E-state index in [4.69, 9.17) is 27.9 Å². The summed E-state index contributed by atoms with van der Waals surface area (Å²) < 4.78 is 5.70. The summed E-state index contributed by atoms with van der Waals surface area (Å²) in [5, 5.41) is 3.93. The molecule has 0 spiro atoms. The highest BCUT2D eigenvalue weighted by Crippen LogP contribution is 2.24. The van der Waals surface area contributed by atoms with Crippen LogP contribution in [0.1, 0.15) is 43.7 Å². The van der Waals surface area contributed by atoms with Gasteiger partial charge >= 0.3 is 0 Å². The van der Waals surface area contributed by atoms with Crippen LogP contribution in [0.25, 0.3) is 0 Å². The Morgan fingerprint density at radius 2 is 1.87 bits per heavy atom. The van der Waals surface area contributed by atoms with Crippen molar-refractivity contribution < 1.29 is 14.3 Å². The topological polar surface area (TPSA) is 58.6 Å². The van der Waals surface area contributed by atoms with Gasteiger partial charge in [0.2, 0.25) is 5.91 Å². The van der Waals surface area contributed by atoms with Gasteiger partial charge in [0.1, 0.15) is 11.8 Å². The van der Waals surface area contributed by atoms with Gasteiger partial charge in [-0.2, -0.15) is 0 Å². The minimum Gasteiger partial charge on any atom is -0.484 e. The number of nitrogens with one attached hydrogen (secondary N) is 1. The second kappa shape index (κ2) is 10.9. The minimum absolute atomic E-state index is 0.157. The van der Waals surface area contributed by atoms with Crippen molar-refractivity contribution in [3.8, 4) is 5.75 Å². The van der Waals surface area contributed by atoms with Crippen molar-refractivity contribution in [3.63, 3.8) is 0 Å². The molecule has 2 aromatic carbocycles. The summed E-state index contributed by atoms with van der Waals surface area (Å²) in [6.07, 6.45) is 4.20. The third-order valence-electron chi connectivity index (χ3n) is 5.56. The summed E-state index contributed by atoms with van der Waals surface area (Å²) in [5.41, 5.74) is 1.83. The van der Waals surface area contributed by atoms with E-state index in [9.17, 15) is 9.59 Å². The van der Waals surface area contributed by atoms with Gasteiger partial charge in [-0.25, -0.2) is 0 Å². The van der Waals surface area contributed by atoms with Gasteiger partial charge in [-0.05, 0) is 62.1 Å². The number of carbonyl (C=O) groups excluding carboxylic acids is 2. The molecular formula is C24H28Cl2N2O3. The van der Waals surface area contributed by atoms with Crippen LogP contribution in [-0.4, -0.2) is 35.4 Å². The maximum atomic E-state index is 13.1. The molecule has 1 atom stereocenters. The van der Waals surface area contributed by atoms with Crippen molar-refractivity contribution in [2.24, 2.45) is 0 Å². The molecular weight excluding hydrogens is 435 g/mol. The highest BCUT2D eigenvalue weighted by molar-refractivity contribution is 6.42. The Bertz CT molecular complexity index is 929. The van der Waals surface area contributed by atoms with Crippen LogP contribution in [-0.2, 0) is 16.1 Å². The molecule has 31 heavy (non-hydrogen) atoms. The highest BCUT2D eigenvalue weighted by atomic mass is 35.5. The SMILES string of the molecule is Cc1cccc(OCC(=O)N(Cc2ccc(Cl)c(Cl)c2)[C@@H](C)C(=O)NC2CCCC2)c1. The van der Waals surface area contributed by atoms with Gasteiger partial charge in [-0.1, -0.05) is 54.2 Å². The first-order valence-corrected chi connectivity index (χ1v) is 11.3. The molecule has 1 N–H and O–H groups in total. The summed E-state index contributed by atoms with van der Waals surface area (Å²) in [5.74, 6) is 0.184. The van der Waals surface area contributed by atoms with Crippen LogP contribution < -0.4 is 10.1 Å². The number of halogens is 2. The zero-order chi connectivity index (χ0) is 22.4. The van der Waals surface area contributed by atoms with Gasteiger partial charge in [0.15, 0.2) is 6.61 Å². The third-order valence-corrected chi connectivity index (χ3v) is 6.30. The fourth-order valence-electron chi connectivity index (χ4n) is 3.74. The molecule has 0 saturated heterocycles. The van der Waals surface area contributed by atoms with Gasteiger partial charge < -0.3 is 15.0 Å². The lowest BCUT2D eigenvalue weighted by Crippen LogP contribution is -2.50. The second-order valence-electron chi connectivity index (χ2n) is 8.04. The predicted octanol–water partition coefficient (Wildman–Crippen LogP) is 5.16. The molecule has 2 aromatic rings. The van der Waals surface area contributed by atoms with Crippen LogP contribution >= 0.6 is 23.2 Å². The number of benzene rings is 2. The molecule has 166 valence electrons. The first kappa shape index (κ1) is 23.4. The summed E-state index contributed by atoms with van der Waals surface area (Å²) in [4.78, 5) is 27.5. The summed E-state index contributed by atoms with van der Waals surface area (Å²) >= 11 is 12.2. The third kappa shape index (κ3) is 6.62. The van der Waals surface area contributed by atoms with Crippen LogP contribution in [0, 0.1) is 6.92 Å². The van der Waals surface area contributed by atoms with Gasteiger partial charge in [-0.3, -0.25) is 9.59 Å². The summed E-state index contributed by atoms with van der Waals surface area (Å²) in [6.45, 7) is 3.77. The van der Waals surface area contributed by atoms with Crippen molar-refractivity contribution in [2.75, 3.05) is 6.61 Å². The molecule has 0 bridgehead atoms. The number of ether oxygens (including phenoxy) is 1. The zero-order valence-corrected chi connectivity index (χ0v) is 19.4. The fourth-order valence-corrected chi connectivity index (χ4v) is 4.06. The molecule has 1 aliphatic rings. The Hall–Kier alpha value is -2.24. The van der Waals surface area contributed by atoms with Crippen molar-refractivity contribution in [3.05, 3.63) is 63.6 Å². The molecule has 0 unspecified atom stereocenters. The smallest absolute Gasteiger partial charge is 0.261 e. The van der Waals surface area contributed by atoms with Gasteiger partial charge in [0.05, 0.1) is 10.0 Å². The number of hydrogen-bond acceptors (Lipinski definition) is 3. The molecule has 0 aromatic heterocycles. The quantitative estimate of drug-likeness (QED) is 0.589. The summed E-state index contributed by atoms with van der Waals surface area (Å²) in [6, 6.07) is 12.2. The molecule has 1 aliphatic carbocycles. The van der Waals surface area contributed by atoms with Crippen LogP contribution in [0.15, 0.2) is 42.5 Å². The van der Waals surface area contributed by atoms with Crippen molar-refractivity contribution in [2.45, 2.75) is 58.2 Å². The molecule has 2 amide bonds. The largest absolute Gasteiger partial charge is 0.484 e. The minimum atomic E-state index is -0.649. The van der Waals surface area contributed by atoms with Gasteiger partial charge in [0.25, 0.3) is 5.91 Å². The van der Waals surface area contributed by atoms with E-state index >= 15 is 0 Å². The lowest BCUT2D eigenvalue weighted by atomic mass is 10.1. The van der Waals surface area contributed by atoms with Crippen LogP contribution in [0.3, 0.4) is 0 Å². The molecule has 5 nitrogen and oxygen atoms in total. The Morgan fingerprint density at radius 1 is 1.13 bits per heavy atom. The molecule has 7 heteroatoms. The standard InChI is InChI=1S/C24H28Cl2N2O3/c1-16-6-5-9-20(12-16)31-15-23(29)28(14-18-10-11-21(25)22(26)13-18)17(2)24(30)27-19-7-3-4-8-19/h5-6,9-13,17,19H,3-4,7-8,14-15H2,1-2H3,(H,27,30)/t17-/m0/s1. The molecule has 0 heterocycles. The Balaban J connectivity index is 1.73. The van der Waals surface area contributed by atoms with E-state index in [0.717, 1.165) is 36.8 Å². The van der Waals surface area contributed by atoms with E-state index in [0.29, 0.717) is 15.8 Å². The molecule has 1 saturated carbocycles. The number of nitrogens with zero attached hydrogens (tertiary/aromatic N) is 1. The predicted molar refractivity (Wildman–Crippen MR) is 124 cm³/mol. The van der Waals surface area contributed by atoms with E-state index in [1.54, 1.807) is 31.2 Å². The lowest BCUT2D eigenvalue weighted by Gasteiger charge is -2.29. The molecule has 0 aliphatic heterocycles. The molecule has 3 rings (SSSR count). The first-order chi connectivity index (χ1) is 14.8. The first-order valence-electron chi connectivity index (χ1n) is 10.6. The normalized spacial score (nSPS) is 14.8. The average Bonchev–Trinajstić information content (AvgIpc) is 3.25. The maximum Gasteiger partial charge on any atom is 0.261 e. The van der Waals surface area contributed by atoms with E-state index in [1.807, 2.05) is 25.1 Å². The van der Waals surface area contributed by atoms with E-state index in [2.05, 4.69) is 5.32 Å². The van der Waals surface area contributed by atoms with Crippen molar-refractivity contribution in [1.29, 1.82) is 0 Å². The molecule has 1 fully saturated rings. The monoisotopic (exact) mass is 462 g/mol. The number of rotatable bonds is 8. The Labute approximate surface area is 193 Å². The van der Waals surface area contributed by atoms with Gasteiger partial charge in [0, 0.05) is 12.6 Å². The zero-order valence-electron chi connectivity index (χ0n) is 17.9. The Kier molecular flexibility index (Phi) is 8.22. The maximum absolute atomic E-state index is 13.1. The highest BCUT2D eigenvalue weighted by Gasteiger charge is 2.28. The lowest BCUT2D eigenvalue weighted by molar-refractivity contribution is -0.142. The van der Waals surface area contributed by atoms with E-state index in [-0.39, 0.29) is 31.0 Å². The van der Waals surface area contributed by atoms with Crippen LogP contribution in [0.5, 0.6) is 5.75 Å². The number of carbonyl (C=O) groups is 2. The van der Waals surface area contributed by atoms with Crippen LogP contribution in [0.2, 0.25) is 10.0 Å².